The van der Waals surface area contributed by atoms with Crippen LogP contribution in [0.15, 0.2) is 38.9 Å². The fraction of sp³-hybridized carbons (Fsp3) is 0.391. The Balaban J connectivity index is 1.49. The van der Waals surface area contributed by atoms with Crippen LogP contribution in [0.1, 0.15) is 49.9 Å². The fourth-order valence-electron chi connectivity index (χ4n) is 3.82. The average Bonchev–Trinajstić information content (AvgIpc) is 3.72. The number of benzene rings is 1. The van der Waals surface area contributed by atoms with E-state index < -0.39 is 17.1 Å². The zero-order chi connectivity index (χ0) is 23.8. The van der Waals surface area contributed by atoms with Crippen molar-refractivity contribution in [3.8, 4) is 6.07 Å². The van der Waals surface area contributed by atoms with Gasteiger partial charge in [-0.05, 0) is 49.9 Å². The highest BCUT2D eigenvalue weighted by Crippen LogP contribution is 2.41. The molecule has 0 bridgehead atoms. The molecule has 11 heteroatoms. The van der Waals surface area contributed by atoms with Gasteiger partial charge >= 0.3 is 5.69 Å². The van der Waals surface area contributed by atoms with Gasteiger partial charge in [0.25, 0.3) is 5.56 Å². The summed E-state index contributed by atoms with van der Waals surface area (Å²) in [6.07, 6.45) is 3.69. The number of rotatable bonds is 8. The molecule has 0 spiro atoms. The van der Waals surface area contributed by atoms with Crippen molar-refractivity contribution in [2.75, 3.05) is 17.2 Å². The Bertz CT molecular complexity index is 1420. The number of carbonyl (C=O) groups is 1. The van der Waals surface area contributed by atoms with E-state index in [0.717, 1.165) is 37.4 Å². The van der Waals surface area contributed by atoms with E-state index in [1.807, 2.05) is 6.07 Å². The molecule has 0 saturated heterocycles. The van der Waals surface area contributed by atoms with Crippen LogP contribution in [0.3, 0.4) is 0 Å². The average molecular weight is 481 g/mol. The number of anilines is 1. The first-order chi connectivity index (χ1) is 16.5. The van der Waals surface area contributed by atoms with Gasteiger partial charge in [-0.1, -0.05) is 11.8 Å². The second-order valence-electron chi connectivity index (χ2n) is 8.44. The summed E-state index contributed by atoms with van der Waals surface area (Å²) in [6.45, 7) is 0.154. The first kappa shape index (κ1) is 22.3. The molecule has 0 atom stereocenters. The standard InChI is InChI=1S/C23H21FN6O3S/c24-14-4-6-15(7-5-14)29(11-1-10-25)17(31)12-34-22-18-20(26-19(27-22)13-2-3-13)30(16-8-9-16)23(33)28-21(18)32/h4-7,13,16H,1-3,8-9,11-12H2,(H,28,32,33). The third kappa shape index (κ3) is 4.46. The van der Waals surface area contributed by atoms with Crippen LogP contribution in [0.25, 0.3) is 11.0 Å². The number of fused-ring (bicyclic) bond motifs is 1. The van der Waals surface area contributed by atoms with Crippen LogP contribution in [0.4, 0.5) is 10.1 Å². The molecule has 9 nitrogen and oxygen atoms in total. The Morgan fingerprint density at radius 2 is 1.94 bits per heavy atom. The number of nitrogens with one attached hydrogen (secondary N) is 1. The first-order valence-corrected chi connectivity index (χ1v) is 12.1. The number of thioether (sulfide) groups is 1. The lowest BCUT2D eigenvalue weighted by molar-refractivity contribution is -0.116. The second-order valence-corrected chi connectivity index (χ2v) is 9.40. The molecule has 2 aliphatic carbocycles. The summed E-state index contributed by atoms with van der Waals surface area (Å²) in [6, 6.07) is 7.51. The van der Waals surface area contributed by atoms with Crippen molar-refractivity contribution >= 4 is 34.4 Å². The summed E-state index contributed by atoms with van der Waals surface area (Å²) in [5, 5.41) is 9.56. The second kappa shape index (κ2) is 9.02. The molecule has 2 aromatic heterocycles. The number of aromatic amines is 1. The maximum Gasteiger partial charge on any atom is 0.330 e. The van der Waals surface area contributed by atoms with Crippen molar-refractivity contribution in [2.24, 2.45) is 0 Å². The number of H-pyrrole nitrogens is 1. The van der Waals surface area contributed by atoms with Crippen LogP contribution in [-0.4, -0.2) is 37.7 Å². The van der Waals surface area contributed by atoms with Gasteiger partial charge in [0, 0.05) is 24.2 Å². The minimum Gasteiger partial charge on any atom is -0.311 e. The van der Waals surface area contributed by atoms with E-state index in [2.05, 4.69) is 15.0 Å². The lowest BCUT2D eigenvalue weighted by Gasteiger charge is -2.21. The highest BCUT2D eigenvalue weighted by molar-refractivity contribution is 8.00. The predicted octanol–water partition coefficient (Wildman–Crippen LogP) is 2.87. The van der Waals surface area contributed by atoms with Crippen LogP contribution in [0.2, 0.25) is 0 Å². The van der Waals surface area contributed by atoms with E-state index in [1.54, 1.807) is 0 Å². The topological polar surface area (TPSA) is 125 Å². The third-order valence-corrected chi connectivity index (χ3v) is 6.80. The Kier molecular flexibility index (Phi) is 5.91. The molecule has 0 unspecified atom stereocenters. The number of halogens is 1. The van der Waals surface area contributed by atoms with Gasteiger partial charge in [-0.3, -0.25) is 19.1 Å². The maximum atomic E-state index is 13.4. The minimum absolute atomic E-state index is 0.00762. The van der Waals surface area contributed by atoms with Gasteiger partial charge in [-0.25, -0.2) is 19.2 Å². The number of nitriles is 1. The van der Waals surface area contributed by atoms with Crippen molar-refractivity contribution in [3.05, 3.63) is 56.7 Å². The molecule has 2 fully saturated rings. The SMILES string of the molecule is N#CCCN(C(=O)CSc1nc(C2CC2)nc2c1c(=O)[nH]c(=O)n2C1CC1)c1ccc(F)cc1. The maximum absolute atomic E-state index is 13.4. The van der Waals surface area contributed by atoms with E-state index in [0.29, 0.717) is 22.2 Å². The molecule has 2 saturated carbocycles. The molecule has 0 aliphatic heterocycles. The highest BCUT2D eigenvalue weighted by atomic mass is 32.2. The van der Waals surface area contributed by atoms with Gasteiger partial charge in [0.05, 0.1) is 18.2 Å². The van der Waals surface area contributed by atoms with Crippen molar-refractivity contribution in [2.45, 2.75) is 49.1 Å². The van der Waals surface area contributed by atoms with E-state index in [9.17, 15) is 18.8 Å². The number of aromatic nitrogens is 4. The molecule has 3 aromatic rings. The first-order valence-electron chi connectivity index (χ1n) is 11.1. The molecule has 0 radical (unpaired) electrons. The Morgan fingerprint density at radius 1 is 1.21 bits per heavy atom. The zero-order valence-electron chi connectivity index (χ0n) is 18.2. The van der Waals surface area contributed by atoms with Crippen LogP contribution in [0.5, 0.6) is 0 Å². The van der Waals surface area contributed by atoms with Crippen molar-refractivity contribution in [3.63, 3.8) is 0 Å². The fourth-order valence-corrected chi connectivity index (χ4v) is 4.73. The monoisotopic (exact) mass is 480 g/mol. The quantitative estimate of drug-likeness (QED) is 0.388. The van der Waals surface area contributed by atoms with E-state index in [4.69, 9.17) is 5.26 Å². The van der Waals surface area contributed by atoms with E-state index in [-0.39, 0.29) is 42.0 Å². The van der Waals surface area contributed by atoms with Gasteiger partial charge in [-0.15, -0.1) is 0 Å². The number of hydrogen-bond donors (Lipinski definition) is 1. The van der Waals surface area contributed by atoms with E-state index >= 15 is 0 Å². The van der Waals surface area contributed by atoms with Crippen LogP contribution >= 0.6 is 11.8 Å². The lowest BCUT2D eigenvalue weighted by Crippen LogP contribution is -2.33. The van der Waals surface area contributed by atoms with E-state index in [1.165, 1.54) is 33.7 Å². The summed E-state index contributed by atoms with van der Waals surface area (Å²) < 4.78 is 14.9. The molecule has 5 rings (SSSR count). The molecule has 34 heavy (non-hydrogen) atoms. The van der Waals surface area contributed by atoms with Crippen molar-refractivity contribution < 1.29 is 9.18 Å². The highest BCUT2D eigenvalue weighted by Gasteiger charge is 2.32. The summed E-state index contributed by atoms with van der Waals surface area (Å²) in [7, 11) is 0. The Labute approximate surface area is 197 Å². The molecule has 2 heterocycles. The molecular weight excluding hydrogens is 459 g/mol. The number of nitrogens with zero attached hydrogens (tertiary/aromatic N) is 5. The largest absolute Gasteiger partial charge is 0.330 e. The molecule has 1 N–H and O–H groups in total. The molecule has 1 amide bonds. The minimum atomic E-state index is -0.575. The van der Waals surface area contributed by atoms with Gasteiger partial charge in [0.15, 0.2) is 5.65 Å². The van der Waals surface area contributed by atoms with Crippen molar-refractivity contribution in [1.29, 1.82) is 5.26 Å². The normalized spacial score (nSPS) is 15.3. The number of hydrogen-bond acceptors (Lipinski definition) is 7. The van der Waals surface area contributed by atoms with Crippen LogP contribution in [-0.2, 0) is 4.79 Å². The van der Waals surface area contributed by atoms with Gasteiger partial charge < -0.3 is 4.90 Å². The molecular formula is C23H21FN6O3S. The van der Waals surface area contributed by atoms with Crippen LogP contribution < -0.4 is 16.1 Å². The molecule has 1 aromatic carbocycles. The lowest BCUT2D eigenvalue weighted by atomic mass is 10.2. The van der Waals surface area contributed by atoms with Crippen molar-refractivity contribution in [1.82, 2.24) is 19.5 Å². The summed E-state index contributed by atoms with van der Waals surface area (Å²) in [5.74, 6) is -0.0130. The predicted molar refractivity (Wildman–Crippen MR) is 124 cm³/mol. The molecule has 2 aliphatic rings. The Morgan fingerprint density at radius 3 is 2.59 bits per heavy atom. The summed E-state index contributed by atoms with van der Waals surface area (Å²) in [4.78, 5) is 51.4. The van der Waals surface area contributed by atoms with Gasteiger partial charge in [0.1, 0.15) is 22.1 Å². The smallest absolute Gasteiger partial charge is 0.311 e. The molecule has 174 valence electrons. The number of amides is 1. The Hall–Kier alpha value is -3.52. The third-order valence-electron chi connectivity index (χ3n) is 5.84. The summed E-state index contributed by atoms with van der Waals surface area (Å²) in [5.41, 5.74) is -0.252. The van der Waals surface area contributed by atoms with Gasteiger partial charge in [0.2, 0.25) is 5.91 Å². The summed E-state index contributed by atoms with van der Waals surface area (Å²) >= 11 is 1.10. The zero-order valence-corrected chi connectivity index (χ0v) is 19.0. The van der Waals surface area contributed by atoms with Crippen LogP contribution in [0, 0.1) is 17.1 Å². The number of carbonyl (C=O) groups excluding carboxylic acids is 1. The van der Waals surface area contributed by atoms with Gasteiger partial charge in [-0.2, -0.15) is 5.26 Å².